The number of esters is 4. The number of ether oxygens (including phenoxy) is 5. The predicted octanol–water partition coefficient (Wildman–Crippen LogP) is -0.938. The summed E-state index contributed by atoms with van der Waals surface area (Å²) in [6.07, 6.45) is -6.83. The number of aliphatic hydroxyl groups is 1. The molecule has 1 N–H and O–H groups in total. The monoisotopic (exact) mass is 348 g/mol. The van der Waals surface area contributed by atoms with E-state index in [1.807, 2.05) is 0 Å². The van der Waals surface area contributed by atoms with Crippen LogP contribution in [0.5, 0.6) is 0 Å². The van der Waals surface area contributed by atoms with Crippen molar-refractivity contribution in [2.45, 2.75) is 58.4 Å². The summed E-state index contributed by atoms with van der Waals surface area (Å²) >= 11 is 0. The highest BCUT2D eigenvalue weighted by molar-refractivity contribution is 5.68. The van der Waals surface area contributed by atoms with Gasteiger partial charge in [-0.1, -0.05) is 0 Å². The second-order valence-electron chi connectivity index (χ2n) is 5.09. The number of hydrogen-bond acceptors (Lipinski definition) is 10. The number of carbonyl (C=O) groups is 4. The lowest BCUT2D eigenvalue weighted by atomic mass is 9.98. The van der Waals surface area contributed by atoms with Crippen molar-refractivity contribution in [3.05, 3.63) is 0 Å². The lowest BCUT2D eigenvalue weighted by molar-refractivity contribution is -0.298. The van der Waals surface area contributed by atoms with Gasteiger partial charge in [0.15, 0.2) is 6.10 Å². The Hall–Kier alpha value is -2.20. The summed E-state index contributed by atoms with van der Waals surface area (Å²) in [6.45, 7) is 4.06. The molecule has 0 aliphatic carbocycles. The standard InChI is InChI=1S/C14H20O10/c1-6(15)20-5-10-11(19)12(21-7(2)16)13(22-8(3)17)14(24-10)23-9(4)18/h10-14,19H,5H2,1-4H3/t10-,11+,12+,13-,14-/m1/s1. The first-order chi connectivity index (χ1) is 11.1. The van der Waals surface area contributed by atoms with Crippen LogP contribution in [-0.2, 0) is 42.9 Å². The Bertz CT molecular complexity index is 502. The molecule has 0 spiro atoms. The second kappa shape index (κ2) is 8.60. The third-order valence-electron chi connectivity index (χ3n) is 2.96. The van der Waals surface area contributed by atoms with Crippen molar-refractivity contribution < 1.29 is 48.0 Å². The fourth-order valence-electron chi connectivity index (χ4n) is 2.13. The van der Waals surface area contributed by atoms with Crippen LogP contribution in [0.1, 0.15) is 27.7 Å². The molecule has 1 aliphatic heterocycles. The quantitative estimate of drug-likeness (QED) is 0.490. The van der Waals surface area contributed by atoms with Gasteiger partial charge < -0.3 is 28.8 Å². The van der Waals surface area contributed by atoms with Crippen molar-refractivity contribution in [2.24, 2.45) is 0 Å². The van der Waals surface area contributed by atoms with Crippen LogP contribution in [0.2, 0.25) is 0 Å². The molecule has 10 nitrogen and oxygen atoms in total. The van der Waals surface area contributed by atoms with E-state index in [2.05, 4.69) is 0 Å². The molecule has 0 saturated carbocycles. The maximum atomic E-state index is 11.3. The van der Waals surface area contributed by atoms with Gasteiger partial charge in [-0.05, 0) is 0 Å². The van der Waals surface area contributed by atoms with Crippen molar-refractivity contribution in [1.29, 1.82) is 0 Å². The van der Waals surface area contributed by atoms with Gasteiger partial charge in [0.2, 0.25) is 12.4 Å². The van der Waals surface area contributed by atoms with Crippen LogP contribution >= 0.6 is 0 Å². The maximum absolute atomic E-state index is 11.3. The first-order valence-corrected chi connectivity index (χ1v) is 7.10. The molecule has 0 bridgehead atoms. The summed E-state index contributed by atoms with van der Waals surface area (Å²) < 4.78 is 25.0. The number of aliphatic hydroxyl groups excluding tert-OH is 1. The SMILES string of the molecule is CC(=O)OC[C@H]1O[C@@H](OC(C)=O)[C@H](OC(C)=O)[C@@H](OC(C)=O)[C@H]1O. The van der Waals surface area contributed by atoms with Gasteiger partial charge in [0.05, 0.1) is 0 Å². The van der Waals surface area contributed by atoms with Crippen LogP contribution in [0.25, 0.3) is 0 Å². The minimum Gasteiger partial charge on any atom is -0.463 e. The Morgan fingerprint density at radius 3 is 1.79 bits per heavy atom. The number of carbonyl (C=O) groups excluding carboxylic acids is 4. The maximum Gasteiger partial charge on any atom is 0.305 e. The first-order valence-electron chi connectivity index (χ1n) is 7.10. The molecule has 10 heteroatoms. The van der Waals surface area contributed by atoms with Gasteiger partial charge in [-0.2, -0.15) is 0 Å². The van der Waals surface area contributed by atoms with E-state index in [0.717, 1.165) is 27.7 Å². The summed E-state index contributed by atoms with van der Waals surface area (Å²) in [5.41, 5.74) is 0. The summed E-state index contributed by atoms with van der Waals surface area (Å²) in [5.74, 6) is -2.89. The van der Waals surface area contributed by atoms with Gasteiger partial charge in [0.25, 0.3) is 0 Å². The van der Waals surface area contributed by atoms with Crippen molar-refractivity contribution in [3.8, 4) is 0 Å². The molecular weight excluding hydrogens is 328 g/mol. The molecule has 0 amide bonds. The zero-order valence-corrected chi connectivity index (χ0v) is 13.7. The van der Waals surface area contributed by atoms with E-state index in [1.54, 1.807) is 0 Å². The van der Waals surface area contributed by atoms with Crippen molar-refractivity contribution >= 4 is 23.9 Å². The van der Waals surface area contributed by atoms with Crippen LogP contribution in [0, 0.1) is 0 Å². The molecule has 0 aromatic rings. The molecule has 0 unspecified atom stereocenters. The first kappa shape index (κ1) is 19.8. The van der Waals surface area contributed by atoms with E-state index in [1.165, 1.54) is 0 Å². The Morgan fingerprint density at radius 2 is 1.33 bits per heavy atom. The van der Waals surface area contributed by atoms with E-state index in [4.69, 9.17) is 23.7 Å². The Balaban J connectivity index is 3.07. The van der Waals surface area contributed by atoms with Gasteiger partial charge in [-0.25, -0.2) is 0 Å². The molecule has 24 heavy (non-hydrogen) atoms. The van der Waals surface area contributed by atoms with Crippen LogP contribution in [0.3, 0.4) is 0 Å². The van der Waals surface area contributed by atoms with E-state index >= 15 is 0 Å². The second-order valence-corrected chi connectivity index (χ2v) is 5.09. The minimum atomic E-state index is -1.48. The molecule has 5 atom stereocenters. The highest BCUT2D eigenvalue weighted by Gasteiger charge is 2.51. The molecule has 1 heterocycles. The summed E-state index contributed by atoms with van der Waals surface area (Å²) in [4.78, 5) is 44.7. The fraction of sp³-hybridized carbons (Fsp3) is 0.714. The smallest absolute Gasteiger partial charge is 0.305 e. The Labute approximate surface area is 137 Å². The zero-order chi connectivity index (χ0) is 18.4. The van der Waals surface area contributed by atoms with Crippen LogP contribution in [0.4, 0.5) is 0 Å². The number of hydrogen-bond donors (Lipinski definition) is 1. The summed E-state index contributed by atoms with van der Waals surface area (Å²) in [7, 11) is 0. The van der Waals surface area contributed by atoms with E-state index in [-0.39, 0.29) is 6.61 Å². The molecule has 0 radical (unpaired) electrons. The van der Waals surface area contributed by atoms with Crippen LogP contribution < -0.4 is 0 Å². The van der Waals surface area contributed by atoms with Crippen LogP contribution in [-0.4, -0.2) is 66.3 Å². The topological polar surface area (TPSA) is 135 Å². The van der Waals surface area contributed by atoms with E-state index in [0.29, 0.717) is 0 Å². The molecule has 136 valence electrons. The Morgan fingerprint density at radius 1 is 0.833 bits per heavy atom. The zero-order valence-electron chi connectivity index (χ0n) is 13.7. The van der Waals surface area contributed by atoms with Crippen molar-refractivity contribution in [3.63, 3.8) is 0 Å². The van der Waals surface area contributed by atoms with Gasteiger partial charge >= 0.3 is 23.9 Å². The lowest BCUT2D eigenvalue weighted by Crippen LogP contribution is -2.62. The third-order valence-corrected chi connectivity index (χ3v) is 2.96. The van der Waals surface area contributed by atoms with Gasteiger partial charge in [0, 0.05) is 27.7 Å². The summed E-state index contributed by atoms with van der Waals surface area (Å²) in [6, 6.07) is 0. The minimum absolute atomic E-state index is 0.376. The molecule has 0 aromatic carbocycles. The normalized spacial score (nSPS) is 29.3. The molecule has 1 saturated heterocycles. The van der Waals surface area contributed by atoms with Gasteiger partial charge in [-0.15, -0.1) is 0 Å². The van der Waals surface area contributed by atoms with Crippen LogP contribution in [0.15, 0.2) is 0 Å². The molecular formula is C14H20O10. The largest absolute Gasteiger partial charge is 0.463 e. The Kier molecular flexibility index (Phi) is 7.11. The summed E-state index contributed by atoms with van der Waals surface area (Å²) in [5, 5.41) is 10.3. The average Bonchev–Trinajstić information content (AvgIpc) is 2.42. The third kappa shape index (κ3) is 5.78. The fourth-order valence-corrected chi connectivity index (χ4v) is 2.13. The van der Waals surface area contributed by atoms with Gasteiger partial charge in [0.1, 0.15) is 18.8 Å². The van der Waals surface area contributed by atoms with Crippen molar-refractivity contribution in [2.75, 3.05) is 6.61 Å². The van der Waals surface area contributed by atoms with Crippen molar-refractivity contribution in [1.82, 2.24) is 0 Å². The van der Waals surface area contributed by atoms with E-state index < -0.39 is 54.6 Å². The molecule has 1 aliphatic rings. The highest BCUT2D eigenvalue weighted by atomic mass is 16.7. The molecule has 1 rings (SSSR count). The van der Waals surface area contributed by atoms with Gasteiger partial charge in [-0.3, -0.25) is 19.2 Å². The number of rotatable bonds is 5. The lowest BCUT2D eigenvalue weighted by Gasteiger charge is -2.42. The highest BCUT2D eigenvalue weighted by Crippen LogP contribution is 2.27. The molecule has 0 aromatic heterocycles. The van der Waals surface area contributed by atoms with E-state index in [9.17, 15) is 24.3 Å². The molecule has 1 fully saturated rings. The predicted molar refractivity (Wildman–Crippen MR) is 74.2 cm³/mol. The average molecular weight is 348 g/mol.